The largest absolute Gasteiger partial charge is 0.395 e. The minimum absolute atomic E-state index is 0. The highest BCUT2D eigenvalue weighted by molar-refractivity contribution is 8.26. The van der Waals surface area contributed by atoms with Gasteiger partial charge in [0.25, 0.3) is 0 Å². The third-order valence-electron chi connectivity index (χ3n) is 1.90. The number of alkyl halides is 2. The summed E-state index contributed by atoms with van der Waals surface area (Å²) >= 11 is 10.9. The van der Waals surface area contributed by atoms with Gasteiger partial charge in [0.15, 0.2) is 0 Å². The number of rotatable bonds is 8. The molecule has 11 heteroatoms. The van der Waals surface area contributed by atoms with Crippen molar-refractivity contribution in [2.45, 2.75) is 7.43 Å². The van der Waals surface area contributed by atoms with Crippen LogP contribution in [0.25, 0.3) is 0 Å². The summed E-state index contributed by atoms with van der Waals surface area (Å²) < 4.78 is 9.09. The molecule has 5 nitrogen and oxygen atoms in total. The predicted molar refractivity (Wildman–Crippen MR) is 104 cm³/mol. The van der Waals surface area contributed by atoms with Crippen molar-refractivity contribution in [2.24, 2.45) is 0 Å². The fraction of sp³-hybridized carbons (Fsp3) is 1.00. The number of nitrogens with zero attached hydrogens (tertiary/aromatic N) is 2. The van der Waals surface area contributed by atoms with Gasteiger partial charge < -0.3 is 20.0 Å². The summed E-state index contributed by atoms with van der Waals surface area (Å²) in [7, 11) is 11.2. The second kappa shape index (κ2) is 30.3. The molecule has 0 aromatic heterocycles. The Kier molecular flexibility index (Phi) is 47.9. The van der Waals surface area contributed by atoms with Crippen LogP contribution in [0.1, 0.15) is 7.43 Å². The van der Waals surface area contributed by atoms with Crippen LogP contribution in [0.4, 0.5) is 0 Å². The Hall–Kier alpha value is 1.44. The second-order valence-electron chi connectivity index (χ2n) is 3.62. The molecule has 0 fully saturated rings. The zero-order valence-electron chi connectivity index (χ0n) is 12.2. The molecule has 0 unspecified atom stereocenters. The van der Waals surface area contributed by atoms with Crippen LogP contribution in [0.2, 0.25) is 0 Å². The number of likely N-dealkylation sites (N-methyl/N-ethyl adjacent to an activating group) is 1. The second-order valence-corrected chi connectivity index (χ2v) is 6.90. The summed E-state index contributed by atoms with van der Waals surface area (Å²) in [6, 6.07) is 0. The summed E-state index contributed by atoms with van der Waals surface area (Å²) in [5.74, 6) is 1.38. The fourth-order valence-corrected chi connectivity index (χ4v) is 1.43. The molecule has 0 spiro atoms. The van der Waals surface area contributed by atoms with Crippen LogP contribution in [0.5, 0.6) is 0 Å². The molecule has 0 heterocycles. The average molecular weight is 447 g/mol. The molecule has 0 atom stereocenters. The van der Waals surface area contributed by atoms with E-state index in [-0.39, 0.29) is 33.0 Å². The molecule has 0 aromatic carbocycles. The van der Waals surface area contributed by atoms with E-state index in [2.05, 4.69) is 26.3 Å². The quantitative estimate of drug-likeness (QED) is 0.443. The van der Waals surface area contributed by atoms with Crippen molar-refractivity contribution in [3.63, 3.8) is 0 Å². The normalized spacial score (nSPS) is 9.23. The first-order valence-electron chi connectivity index (χ1n) is 5.80. The van der Waals surface area contributed by atoms with Crippen molar-refractivity contribution < 1.29 is 14.4 Å². The summed E-state index contributed by atoms with van der Waals surface area (Å²) in [5, 5.41) is 16.7. The van der Waals surface area contributed by atoms with Gasteiger partial charge in [0, 0.05) is 59.3 Å². The van der Waals surface area contributed by atoms with Gasteiger partial charge >= 0.3 is 0 Å². The lowest BCUT2D eigenvalue weighted by atomic mass is 10.5. The van der Waals surface area contributed by atoms with Crippen molar-refractivity contribution in [2.75, 3.05) is 65.2 Å². The first kappa shape index (κ1) is 34.7. The van der Waals surface area contributed by atoms with Crippen molar-refractivity contribution in [1.29, 1.82) is 0 Å². The summed E-state index contributed by atoms with van der Waals surface area (Å²) in [6.45, 7) is 3.46. The van der Waals surface area contributed by atoms with Gasteiger partial charge in [-0.3, -0.25) is 0 Å². The molecule has 0 aromatic rings. The highest BCUT2D eigenvalue weighted by Gasteiger charge is 1.92. The van der Waals surface area contributed by atoms with E-state index in [9.17, 15) is 0 Å². The first-order valence-corrected chi connectivity index (χ1v) is 9.67. The van der Waals surface area contributed by atoms with Crippen LogP contribution in [-0.4, -0.2) is 89.5 Å². The lowest BCUT2D eigenvalue weighted by Crippen LogP contribution is -2.25. The maximum atomic E-state index is 9.09. The van der Waals surface area contributed by atoms with Crippen LogP contribution >= 0.6 is 57.0 Å². The van der Waals surface area contributed by atoms with Gasteiger partial charge in [0.2, 0.25) is 9.23 Å². The molecule has 0 bridgehead atoms. The SMILES string of the molecule is C.CN(CCCl)CCCl.CN(CCO)CCO.Cl.O=S(Cl)Cl. The Morgan fingerprint density at radius 2 is 1.09 bits per heavy atom. The van der Waals surface area contributed by atoms with E-state index >= 15 is 0 Å². The van der Waals surface area contributed by atoms with E-state index in [4.69, 9.17) is 37.6 Å². The maximum Gasteiger partial charge on any atom is 0.211 e. The molecular weight excluding hydrogens is 417 g/mol. The van der Waals surface area contributed by atoms with Gasteiger partial charge in [-0.15, -0.1) is 35.6 Å². The first-order chi connectivity index (χ1) is 9.35. The predicted octanol–water partition coefficient (Wildman–Crippen LogP) is 2.40. The molecular formula is C11H29Cl5N2O3S. The van der Waals surface area contributed by atoms with Crippen LogP contribution in [0.3, 0.4) is 0 Å². The Morgan fingerprint density at radius 1 is 0.864 bits per heavy atom. The Balaban J connectivity index is -0.0000000661. The van der Waals surface area contributed by atoms with Gasteiger partial charge in [-0.1, -0.05) is 7.43 Å². The third kappa shape index (κ3) is 49.6. The lowest BCUT2D eigenvalue weighted by molar-refractivity contribution is 0.184. The van der Waals surface area contributed by atoms with Gasteiger partial charge in [-0.2, -0.15) is 0 Å². The number of aliphatic hydroxyl groups excluding tert-OH is 2. The minimum Gasteiger partial charge on any atom is -0.395 e. The smallest absolute Gasteiger partial charge is 0.211 e. The van der Waals surface area contributed by atoms with Gasteiger partial charge in [0.05, 0.1) is 13.2 Å². The van der Waals surface area contributed by atoms with E-state index in [1.807, 2.05) is 19.0 Å². The maximum absolute atomic E-state index is 9.09. The molecule has 0 saturated carbocycles. The van der Waals surface area contributed by atoms with Crippen molar-refractivity contribution in [3.05, 3.63) is 0 Å². The molecule has 0 saturated heterocycles. The highest BCUT2D eigenvalue weighted by atomic mass is 36.0. The molecule has 0 aliphatic carbocycles. The molecule has 22 heavy (non-hydrogen) atoms. The van der Waals surface area contributed by atoms with Crippen molar-refractivity contribution in [3.8, 4) is 0 Å². The van der Waals surface area contributed by atoms with E-state index in [1.165, 1.54) is 0 Å². The fourth-order valence-electron chi connectivity index (χ4n) is 0.854. The average Bonchev–Trinajstić information content (AvgIpc) is 2.30. The molecule has 0 aliphatic heterocycles. The molecule has 0 aliphatic rings. The van der Waals surface area contributed by atoms with E-state index in [0.717, 1.165) is 13.1 Å². The van der Waals surface area contributed by atoms with Gasteiger partial charge in [-0.25, -0.2) is 4.21 Å². The van der Waals surface area contributed by atoms with Crippen LogP contribution in [0, 0.1) is 0 Å². The zero-order chi connectivity index (χ0) is 16.4. The van der Waals surface area contributed by atoms with Crippen LogP contribution in [0.15, 0.2) is 0 Å². The zero-order valence-corrected chi connectivity index (χ0v) is 16.8. The number of hydrogen-bond acceptors (Lipinski definition) is 5. The van der Waals surface area contributed by atoms with Crippen molar-refractivity contribution >= 4 is 66.2 Å². The topological polar surface area (TPSA) is 64.0 Å². The standard InChI is InChI=1S/C5H11Cl2N.C5H13NO2.CH4.Cl2OS.ClH/c1-8(4-2-6)5-3-7;1-6(2-4-7)3-5-8;;1-4(2)3;/h2-5H2,1H3;7-8H,2-5H2,1H3;1H4;;1H. The number of halogens is 5. The highest BCUT2D eigenvalue weighted by Crippen LogP contribution is 1.89. The molecule has 142 valence electrons. The summed E-state index contributed by atoms with van der Waals surface area (Å²) in [6.07, 6.45) is 0. The molecule has 0 rings (SSSR count). The van der Waals surface area contributed by atoms with Crippen LogP contribution in [-0.2, 0) is 9.23 Å². The molecule has 0 radical (unpaired) electrons. The van der Waals surface area contributed by atoms with Gasteiger partial charge in [-0.05, 0) is 14.1 Å². The van der Waals surface area contributed by atoms with Crippen molar-refractivity contribution in [1.82, 2.24) is 9.80 Å². The van der Waals surface area contributed by atoms with Crippen LogP contribution < -0.4 is 0 Å². The minimum atomic E-state index is -1.67. The van der Waals surface area contributed by atoms with Gasteiger partial charge in [0.1, 0.15) is 0 Å². The summed E-state index contributed by atoms with van der Waals surface area (Å²) in [4.78, 5) is 3.96. The number of aliphatic hydroxyl groups is 2. The van der Waals surface area contributed by atoms with E-state index in [0.29, 0.717) is 24.8 Å². The van der Waals surface area contributed by atoms with E-state index < -0.39 is 9.23 Å². The lowest BCUT2D eigenvalue weighted by Gasteiger charge is -2.11. The monoisotopic (exact) mass is 444 g/mol. The Morgan fingerprint density at radius 3 is 1.27 bits per heavy atom. The molecule has 0 amide bonds. The Labute approximate surface area is 162 Å². The molecule has 2 N–H and O–H groups in total. The Bertz CT molecular complexity index is 181. The number of hydrogen-bond donors (Lipinski definition) is 2. The van der Waals surface area contributed by atoms with E-state index in [1.54, 1.807) is 0 Å². The third-order valence-corrected chi connectivity index (χ3v) is 2.23. The summed E-state index contributed by atoms with van der Waals surface area (Å²) in [5.41, 5.74) is 0.